The van der Waals surface area contributed by atoms with Crippen LogP contribution in [0.15, 0.2) is 6.33 Å². The summed E-state index contributed by atoms with van der Waals surface area (Å²) in [7, 11) is -5.15. The van der Waals surface area contributed by atoms with Crippen molar-refractivity contribution >= 4 is 36.1 Å². The molecule has 0 bridgehead atoms. The van der Waals surface area contributed by atoms with Crippen molar-refractivity contribution in [2.75, 3.05) is 13.7 Å². The molecule has 4 heterocycles. The van der Waals surface area contributed by atoms with Gasteiger partial charge in [0.1, 0.15) is 18.3 Å². The van der Waals surface area contributed by atoms with E-state index in [4.69, 9.17) is 37.7 Å². The standard InChI is InChI=1S/C34H62N6O5Si3/c1-21-24(22(2)39-38-21)28-36-29-25(30(37-28)41-12)35-20-40(29)31-27(45-48(17,18)34(9,10)11)26(44-47(15,16)33(6,7)8)23(43-31)19-42-46(13,14)32(3,4)5/h20,23,26-27,31H,19H2,1-18H3,(H,38,39)/t23-,26-,27-,31-/m1/s1. The van der Waals surface area contributed by atoms with Crippen LogP contribution in [-0.4, -0.2) is 86.7 Å². The zero-order valence-electron chi connectivity index (χ0n) is 32.9. The average molecular weight is 719 g/mol. The monoisotopic (exact) mass is 718 g/mol. The predicted octanol–water partition coefficient (Wildman–Crippen LogP) is 8.54. The SMILES string of the molecule is COc1nc(-c2c(C)n[nH]c2C)nc2c1ncn2[C@@H]1O[C@H](CO[Si](C)(C)C(C)(C)C)[C@@H](O[Si](C)(C)C(C)(C)C)[C@H]1O[Si](C)(C)C(C)(C)C. The molecule has 0 unspecified atom stereocenters. The average Bonchev–Trinajstić information content (AvgIpc) is 3.59. The molecule has 0 radical (unpaired) electrons. The van der Waals surface area contributed by atoms with Gasteiger partial charge in [-0.2, -0.15) is 10.1 Å². The molecule has 1 saturated heterocycles. The number of nitrogens with zero attached hydrogens (tertiary/aromatic N) is 5. The molecule has 11 nitrogen and oxygen atoms in total. The van der Waals surface area contributed by atoms with E-state index in [1.54, 1.807) is 13.4 Å². The fourth-order valence-electron chi connectivity index (χ4n) is 5.09. The van der Waals surface area contributed by atoms with Gasteiger partial charge in [0.05, 0.1) is 31.3 Å². The van der Waals surface area contributed by atoms with E-state index in [0.717, 1.165) is 17.0 Å². The maximum atomic E-state index is 7.38. The van der Waals surface area contributed by atoms with Crippen molar-refractivity contribution in [3.63, 3.8) is 0 Å². The fraction of sp³-hybridized carbons (Fsp3) is 0.765. The van der Waals surface area contributed by atoms with E-state index in [9.17, 15) is 0 Å². The Balaban J connectivity index is 1.93. The van der Waals surface area contributed by atoms with Gasteiger partial charge < -0.3 is 22.8 Å². The van der Waals surface area contributed by atoms with Crippen LogP contribution in [0.2, 0.25) is 54.4 Å². The van der Waals surface area contributed by atoms with Crippen molar-refractivity contribution in [2.24, 2.45) is 0 Å². The fourth-order valence-corrected chi connectivity index (χ4v) is 8.70. The first-order valence-electron chi connectivity index (χ1n) is 17.2. The van der Waals surface area contributed by atoms with Gasteiger partial charge in [-0.05, 0) is 68.2 Å². The summed E-state index contributed by atoms with van der Waals surface area (Å²) in [5.41, 5.74) is 3.67. The Labute approximate surface area is 291 Å². The number of methoxy groups -OCH3 is 1. The molecule has 0 aliphatic carbocycles. The molecule has 1 N–H and O–H groups in total. The Bertz CT molecular complexity index is 1580. The van der Waals surface area contributed by atoms with E-state index in [1.165, 1.54) is 0 Å². The minimum atomic E-state index is -2.34. The molecule has 48 heavy (non-hydrogen) atoms. The first-order chi connectivity index (χ1) is 21.7. The van der Waals surface area contributed by atoms with Crippen molar-refractivity contribution in [3.05, 3.63) is 17.7 Å². The summed E-state index contributed by atoms with van der Waals surface area (Å²) < 4.78 is 36.4. The molecule has 1 fully saturated rings. The quantitative estimate of drug-likeness (QED) is 0.206. The lowest BCUT2D eigenvalue weighted by Crippen LogP contribution is -2.54. The number of aromatic nitrogens is 6. The summed E-state index contributed by atoms with van der Waals surface area (Å²) in [6, 6.07) is 0. The highest BCUT2D eigenvalue weighted by Gasteiger charge is 2.55. The van der Waals surface area contributed by atoms with Crippen LogP contribution in [0, 0.1) is 13.8 Å². The third kappa shape index (κ3) is 7.40. The van der Waals surface area contributed by atoms with Gasteiger partial charge in [0, 0.05) is 5.69 Å². The molecule has 4 atom stereocenters. The zero-order valence-corrected chi connectivity index (χ0v) is 35.9. The van der Waals surface area contributed by atoms with Crippen LogP contribution >= 0.6 is 0 Å². The smallest absolute Gasteiger partial charge is 0.245 e. The zero-order chi connectivity index (χ0) is 36.4. The summed E-state index contributed by atoms with van der Waals surface area (Å²) in [5.74, 6) is 0.900. The van der Waals surface area contributed by atoms with E-state index >= 15 is 0 Å². The van der Waals surface area contributed by atoms with E-state index in [0.29, 0.717) is 29.5 Å². The van der Waals surface area contributed by atoms with Gasteiger partial charge in [-0.1, -0.05) is 62.3 Å². The maximum absolute atomic E-state index is 7.38. The van der Waals surface area contributed by atoms with Gasteiger partial charge in [0.2, 0.25) is 5.88 Å². The molecule has 270 valence electrons. The topological polar surface area (TPSA) is 118 Å². The summed E-state index contributed by atoms with van der Waals surface area (Å²) in [4.78, 5) is 14.6. The Morgan fingerprint density at radius 3 is 1.83 bits per heavy atom. The van der Waals surface area contributed by atoms with Crippen LogP contribution in [0.1, 0.15) is 79.9 Å². The molecule has 3 aromatic rings. The molecule has 14 heteroatoms. The normalized spacial score (nSPS) is 21.8. The number of imidazole rings is 1. The third-order valence-corrected chi connectivity index (χ3v) is 24.8. The van der Waals surface area contributed by atoms with Gasteiger partial charge in [-0.15, -0.1) is 0 Å². The van der Waals surface area contributed by atoms with E-state index in [2.05, 4.69) is 112 Å². The van der Waals surface area contributed by atoms with Crippen LogP contribution in [-0.2, 0) is 18.0 Å². The molecular weight excluding hydrogens is 657 g/mol. The van der Waals surface area contributed by atoms with Crippen molar-refractivity contribution in [1.82, 2.24) is 29.7 Å². The first kappa shape index (κ1) is 38.8. The number of hydrogen-bond donors (Lipinski definition) is 1. The minimum absolute atomic E-state index is 0.0189. The Hall–Kier alpha value is -1.95. The lowest BCUT2D eigenvalue weighted by molar-refractivity contribution is -0.0470. The largest absolute Gasteiger partial charge is 0.479 e. The van der Waals surface area contributed by atoms with E-state index in [-0.39, 0.29) is 27.3 Å². The third-order valence-electron chi connectivity index (χ3n) is 11.4. The summed E-state index contributed by atoms with van der Waals surface area (Å²) in [5, 5.41) is 7.43. The van der Waals surface area contributed by atoms with Gasteiger partial charge in [0.25, 0.3) is 0 Å². The highest BCUT2D eigenvalue weighted by molar-refractivity contribution is 6.75. The molecule has 0 saturated carbocycles. The minimum Gasteiger partial charge on any atom is -0.479 e. The molecule has 1 aliphatic heterocycles. The Kier molecular flexibility index (Phi) is 10.5. The second kappa shape index (κ2) is 13.0. The number of rotatable bonds is 10. The molecule has 0 aromatic carbocycles. The van der Waals surface area contributed by atoms with Crippen molar-refractivity contribution in [3.8, 4) is 17.3 Å². The molecule has 4 rings (SSSR count). The first-order valence-corrected chi connectivity index (χ1v) is 25.9. The lowest BCUT2D eigenvalue weighted by atomic mass is 10.1. The molecule has 0 amide bonds. The number of H-pyrrole nitrogens is 1. The van der Waals surface area contributed by atoms with Gasteiger partial charge >= 0.3 is 0 Å². The summed E-state index contributed by atoms with van der Waals surface area (Å²) in [6.07, 6.45) is 0.0208. The molecule has 0 spiro atoms. The van der Waals surface area contributed by atoms with Gasteiger partial charge in [0.15, 0.2) is 48.2 Å². The van der Waals surface area contributed by atoms with Gasteiger partial charge in [-0.3, -0.25) is 9.67 Å². The van der Waals surface area contributed by atoms with Crippen LogP contribution in [0.5, 0.6) is 5.88 Å². The number of ether oxygens (including phenoxy) is 2. The summed E-state index contributed by atoms with van der Waals surface area (Å²) >= 11 is 0. The van der Waals surface area contributed by atoms with Crippen LogP contribution < -0.4 is 4.74 Å². The Morgan fingerprint density at radius 1 is 0.812 bits per heavy atom. The number of aryl methyl sites for hydroxylation is 2. The van der Waals surface area contributed by atoms with Crippen molar-refractivity contribution in [2.45, 2.75) is 155 Å². The number of hydrogen-bond acceptors (Lipinski definition) is 9. The predicted molar refractivity (Wildman–Crippen MR) is 200 cm³/mol. The highest BCUT2D eigenvalue weighted by Crippen LogP contribution is 2.47. The number of nitrogens with one attached hydrogen (secondary N) is 1. The second-order valence-corrected chi connectivity index (χ2v) is 32.3. The highest BCUT2D eigenvalue weighted by atomic mass is 28.4. The number of fused-ring (bicyclic) bond motifs is 1. The van der Waals surface area contributed by atoms with Gasteiger partial charge in [-0.25, -0.2) is 9.97 Å². The summed E-state index contributed by atoms with van der Waals surface area (Å²) in [6.45, 7) is 38.4. The maximum Gasteiger partial charge on any atom is 0.245 e. The molecule has 3 aromatic heterocycles. The lowest BCUT2D eigenvalue weighted by Gasteiger charge is -2.44. The molecule has 1 aliphatic rings. The van der Waals surface area contributed by atoms with Crippen LogP contribution in [0.4, 0.5) is 0 Å². The van der Waals surface area contributed by atoms with Crippen LogP contribution in [0.25, 0.3) is 22.6 Å². The van der Waals surface area contributed by atoms with Crippen LogP contribution in [0.3, 0.4) is 0 Å². The second-order valence-electron chi connectivity index (χ2n) is 18.0. The van der Waals surface area contributed by atoms with Crippen molar-refractivity contribution in [1.29, 1.82) is 0 Å². The van der Waals surface area contributed by atoms with E-state index in [1.807, 2.05) is 18.4 Å². The van der Waals surface area contributed by atoms with Crippen molar-refractivity contribution < 1.29 is 22.8 Å². The Morgan fingerprint density at radius 2 is 1.35 bits per heavy atom. The molecular formula is C34H62N6O5Si3. The number of aromatic amines is 1. The van der Waals surface area contributed by atoms with E-state index < -0.39 is 37.3 Å².